The van der Waals surface area contributed by atoms with E-state index in [0.29, 0.717) is 18.5 Å². The Hall–Kier alpha value is -1.82. The summed E-state index contributed by atoms with van der Waals surface area (Å²) in [7, 11) is 0. The first-order chi connectivity index (χ1) is 10.5. The summed E-state index contributed by atoms with van der Waals surface area (Å²) in [5.74, 6) is 0.459. The second kappa shape index (κ2) is 9.25. The van der Waals surface area contributed by atoms with Crippen LogP contribution in [-0.4, -0.2) is 30.7 Å². The van der Waals surface area contributed by atoms with E-state index >= 15 is 0 Å². The summed E-state index contributed by atoms with van der Waals surface area (Å²) in [6.07, 6.45) is 7.35. The van der Waals surface area contributed by atoms with Gasteiger partial charge in [0.15, 0.2) is 5.76 Å². The van der Waals surface area contributed by atoms with Gasteiger partial charge in [0, 0.05) is 13.3 Å². The minimum Gasteiger partial charge on any atom is -0.463 e. The van der Waals surface area contributed by atoms with Crippen molar-refractivity contribution in [1.29, 1.82) is 0 Å². The lowest BCUT2D eigenvalue weighted by Gasteiger charge is -1.96. The highest BCUT2D eigenvalue weighted by atomic mass is 16.6. The Labute approximate surface area is 131 Å². The number of ether oxygens (including phenoxy) is 3. The molecule has 6 nitrogen and oxygen atoms in total. The molecular formula is C16H25NO5. The van der Waals surface area contributed by atoms with Gasteiger partial charge in [-0.25, -0.2) is 0 Å². The normalized spacial score (nSPS) is 21.2. The van der Waals surface area contributed by atoms with Crippen LogP contribution in [0.25, 0.3) is 0 Å². The number of esters is 1. The molecule has 22 heavy (non-hydrogen) atoms. The highest BCUT2D eigenvalue weighted by Gasteiger charge is 2.38. The number of amides is 1. The highest BCUT2D eigenvalue weighted by Crippen LogP contribution is 2.29. The predicted octanol–water partition coefficient (Wildman–Crippen LogP) is 2.19. The van der Waals surface area contributed by atoms with E-state index in [1.807, 2.05) is 13.0 Å². The summed E-state index contributed by atoms with van der Waals surface area (Å²) in [6.45, 7) is 7.49. The second-order valence-corrected chi connectivity index (χ2v) is 5.20. The molecule has 0 aliphatic carbocycles. The quantitative estimate of drug-likeness (QED) is 0.305. The Morgan fingerprint density at radius 1 is 1.41 bits per heavy atom. The van der Waals surface area contributed by atoms with Gasteiger partial charge in [0.2, 0.25) is 5.76 Å². The fraction of sp³-hybridized carbons (Fsp3) is 0.625. The maximum absolute atomic E-state index is 10.5. The van der Waals surface area contributed by atoms with Crippen molar-refractivity contribution in [2.75, 3.05) is 6.61 Å². The van der Waals surface area contributed by atoms with Gasteiger partial charge in [0.05, 0.1) is 6.10 Å². The van der Waals surface area contributed by atoms with Gasteiger partial charge in [-0.3, -0.25) is 9.59 Å². The third-order valence-electron chi connectivity index (χ3n) is 3.17. The van der Waals surface area contributed by atoms with E-state index in [1.165, 1.54) is 6.92 Å². The molecule has 2 atom stereocenters. The van der Waals surface area contributed by atoms with Crippen molar-refractivity contribution in [2.24, 2.45) is 5.73 Å². The molecule has 0 bridgehead atoms. The number of primary amides is 1. The number of carbonyl (C=O) groups is 2. The van der Waals surface area contributed by atoms with E-state index < -0.39 is 5.91 Å². The van der Waals surface area contributed by atoms with E-state index in [4.69, 9.17) is 19.9 Å². The average Bonchev–Trinajstić information content (AvgIpc) is 3.34. The number of rotatable bonds is 9. The fourth-order valence-electron chi connectivity index (χ4n) is 1.92. The lowest BCUT2D eigenvalue weighted by Crippen LogP contribution is -2.08. The maximum atomic E-state index is 10.5. The molecule has 124 valence electrons. The number of hydrogen-bond acceptors (Lipinski definition) is 5. The zero-order valence-corrected chi connectivity index (χ0v) is 13.3. The summed E-state index contributed by atoms with van der Waals surface area (Å²) in [6, 6.07) is 0. The van der Waals surface area contributed by atoms with Crippen LogP contribution >= 0.6 is 0 Å². The van der Waals surface area contributed by atoms with Crippen LogP contribution in [0.3, 0.4) is 0 Å². The van der Waals surface area contributed by atoms with E-state index in [0.717, 1.165) is 37.9 Å². The zero-order valence-electron chi connectivity index (χ0n) is 13.3. The highest BCUT2D eigenvalue weighted by molar-refractivity contribution is 5.93. The SMILES string of the molecule is C=CCCCC1OC1COC(C)=O.CCCC1=C(C(N)=O)O1. The molecule has 0 aromatic carbocycles. The first-order valence-corrected chi connectivity index (χ1v) is 7.60. The van der Waals surface area contributed by atoms with Gasteiger partial charge >= 0.3 is 5.97 Å². The molecule has 0 saturated carbocycles. The molecule has 2 heterocycles. The molecule has 1 fully saturated rings. The smallest absolute Gasteiger partial charge is 0.302 e. The van der Waals surface area contributed by atoms with Crippen molar-refractivity contribution in [3.05, 3.63) is 24.2 Å². The molecule has 0 radical (unpaired) electrons. The largest absolute Gasteiger partial charge is 0.463 e. The van der Waals surface area contributed by atoms with E-state index in [2.05, 4.69) is 6.58 Å². The molecule has 2 unspecified atom stereocenters. The van der Waals surface area contributed by atoms with Gasteiger partial charge in [-0.05, 0) is 25.7 Å². The van der Waals surface area contributed by atoms with Crippen LogP contribution in [-0.2, 0) is 23.8 Å². The number of hydrogen-bond donors (Lipinski definition) is 1. The molecule has 2 N–H and O–H groups in total. The third kappa shape index (κ3) is 7.26. The Balaban J connectivity index is 0.000000235. The molecular weight excluding hydrogens is 286 g/mol. The molecule has 0 spiro atoms. The van der Waals surface area contributed by atoms with Crippen LogP contribution in [0.2, 0.25) is 0 Å². The van der Waals surface area contributed by atoms with E-state index in [-0.39, 0.29) is 12.1 Å². The van der Waals surface area contributed by atoms with Gasteiger partial charge in [-0.15, -0.1) is 6.58 Å². The van der Waals surface area contributed by atoms with E-state index in [1.54, 1.807) is 0 Å². The molecule has 1 amide bonds. The van der Waals surface area contributed by atoms with Gasteiger partial charge < -0.3 is 19.9 Å². The Morgan fingerprint density at radius 3 is 2.64 bits per heavy atom. The lowest BCUT2D eigenvalue weighted by atomic mass is 10.1. The van der Waals surface area contributed by atoms with Crippen LogP contribution in [0.5, 0.6) is 0 Å². The maximum Gasteiger partial charge on any atom is 0.302 e. The lowest BCUT2D eigenvalue weighted by molar-refractivity contribution is -0.141. The van der Waals surface area contributed by atoms with Crippen LogP contribution in [0.4, 0.5) is 0 Å². The van der Waals surface area contributed by atoms with Crippen LogP contribution in [0.1, 0.15) is 46.0 Å². The van der Waals surface area contributed by atoms with Gasteiger partial charge in [-0.2, -0.15) is 0 Å². The standard InChI is InChI=1S/C10H16O3.C6H9NO2/c1-3-4-5-6-9-10(13-9)7-12-8(2)11;1-2-3-4-5(9-4)6(7)8/h3,9-10H,1,4-7H2,2H3;2-3H2,1H3,(H2,7,8). The summed E-state index contributed by atoms with van der Waals surface area (Å²) < 4.78 is 14.9. The van der Waals surface area contributed by atoms with Crippen molar-refractivity contribution >= 4 is 11.9 Å². The zero-order chi connectivity index (χ0) is 16.5. The number of carbonyl (C=O) groups excluding carboxylic acids is 2. The first-order valence-electron chi connectivity index (χ1n) is 7.60. The monoisotopic (exact) mass is 311 g/mol. The summed E-state index contributed by atoms with van der Waals surface area (Å²) in [5.41, 5.74) is 4.90. The topological polar surface area (TPSA) is 94.4 Å². The molecule has 6 heteroatoms. The molecule has 0 aromatic heterocycles. The fourth-order valence-corrected chi connectivity index (χ4v) is 1.92. The minimum absolute atomic E-state index is 0.147. The van der Waals surface area contributed by atoms with Crippen molar-refractivity contribution in [1.82, 2.24) is 0 Å². The van der Waals surface area contributed by atoms with Crippen molar-refractivity contribution in [3.63, 3.8) is 0 Å². The number of nitrogens with two attached hydrogens (primary N) is 1. The van der Waals surface area contributed by atoms with Crippen LogP contribution in [0.15, 0.2) is 24.2 Å². The second-order valence-electron chi connectivity index (χ2n) is 5.20. The van der Waals surface area contributed by atoms with Crippen LogP contribution in [0, 0.1) is 0 Å². The van der Waals surface area contributed by atoms with Gasteiger partial charge in [0.1, 0.15) is 12.7 Å². The minimum atomic E-state index is -0.446. The Kier molecular flexibility index (Phi) is 7.66. The summed E-state index contributed by atoms with van der Waals surface area (Å²) in [5, 5.41) is 0. The van der Waals surface area contributed by atoms with E-state index in [9.17, 15) is 9.59 Å². The first kappa shape index (κ1) is 18.2. The predicted molar refractivity (Wildman–Crippen MR) is 81.6 cm³/mol. The van der Waals surface area contributed by atoms with Gasteiger partial charge in [-0.1, -0.05) is 13.0 Å². The molecule has 2 rings (SSSR count). The van der Waals surface area contributed by atoms with Crippen molar-refractivity contribution in [3.8, 4) is 0 Å². The van der Waals surface area contributed by atoms with Crippen LogP contribution < -0.4 is 5.73 Å². The molecule has 1 saturated heterocycles. The summed E-state index contributed by atoms with van der Waals surface area (Å²) in [4.78, 5) is 20.7. The average molecular weight is 311 g/mol. The van der Waals surface area contributed by atoms with Crippen molar-refractivity contribution < 1.29 is 23.8 Å². The third-order valence-corrected chi connectivity index (χ3v) is 3.17. The number of unbranched alkanes of at least 4 members (excludes halogenated alkanes) is 1. The Bertz CT molecular complexity index is 444. The van der Waals surface area contributed by atoms with Crippen molar-refractivity contribution in [2.45, 2.75) is 58.2 Å². The Morgan fingerprint density at radius 2 is 2.14 bits per heavy atom. The molecule has 0 aromatic rings. The van der Waals surface area contributed by atoms with Gasteiger partial charge in [0.25, 0.3) is 5.91 Å². The number of epoxide rings is 1. The molecule has 2 aliphatic rings. The molecule has 2 aliphatic heterocycles. The number of allylic oxidation sites excluding steroid dienone is 2. The summed E-state index contributed by atoms with van der Waals surface area (Å²) >= 11 is 0.